The number of fused-ring (bicyclic) bond motifs is 3. The number of nitrogens with one attached hydrogen (secondary N) is 1. The quantitative estimate of drug-likeness (QED) is 0.596. The lowest BCUT2D eigenvalue weighted by atomic mass is 9.85. The molecule has 0 saturated carbocycles. The monoisotopic (exact) mass is 395 g/mol. The highest BCUT2D eigenvalue weighted by molar-refractivity contribution is 6.02. The average Bonchev–Trinajstić information content (AvgIpc) is 2.92. The molecule has 0 bridgehead atoms. The highest BCUT2D eigenvalue weighted by atomic mass is 16.5. The number of aryl methyl sites for hydroxylation is 3. The lowest BCUT2D eigenvalue weighted by Crippen LogP contribution is -2.26. The van der Waals surface area contributed by atoms with Gasteiger partial charge in [0.05, 0.1) is 5.69 Å². The van der Waals surface area contributed by atoms with Crippen molar-refractivity contribution in [2.75, 3.05) is 11.9 Å². The molecule has 0 radical (unpaired) electrons. The minimum Gasteiger partial charge on any atom is -0.481 e. The number of carbonyl (C=O) groups excluding carboxylic acids is 1. The van der Waals surface area contributed by atoms with Gasteiger partial charge in [0.15, 0.2) is 6.61 Å². The molecule has 150 valence electrons. The summed E-state index contributed by atoms with van der Waals surface area (Å²) >= 11 is 0. The summed E-state index contributed by atoms with van der Waals surface area (Å²) < 4.78 is 5.68. The van der Waals surface area contributed by atoms with Crippen LogP contribution >= 0.6 is 0 Å². The van der Waals surface area contributed by atoms with Crippen LogP contribution in [0.15, 0.2) is 60.7 Å². The van der Waals surface area contributed by atoms with Crippen LogP contribution in [0.2, 0.25) is 0 Å². The summed E-state index contributed by atoms with van der Waals surface area (Å²) in [5.41, 5.74) is 11.0. The van der Waals surface area contributed by atoms with Crippen LogP contribution in [-0.4, -0.2) is 12.5 Å². The van der Waals surface area contributed by atoms with E-state index in [1.807, 2.05) is 6.92 Å². The van der Waals surface area contributed by atoms with Crippen molar-refractivity contribution < 1.29 is 9.53 Å². The molecule has 1 N–H and O–H groups in total. The summed E-state index contributed by atoms with van der Waals surface area (Å²) in [6, 6.07) is 21.8. The molecule has 2 aliphatic rings. The topological polar surface area (TPSA) is 38.3 Å². The number of ether oxygens (including phenoxy) is 1. The van der Waals surface area contributed by atoms with E-state index < -0.39 is 0 Å². The molecule has 3 nitrogen and oxygen atoms in total. The second-order valence-corrected chi connectivity index (χ2v) is 8.03. The number of anilines is 1. The summed E-state index contributed by atoms with van der Waals surface area (Å²) in [6.45, 7) is 4.34. The lowest BCUT2D eigenvalue weighted by Gasteiger charge is -2.23. The van der Waals surface area contributed by atoms with Crippen LogP contribution in [0.4, 0.5) is 5.69 Å². The highest BCUT2D eigenvalue weighted by Gasteiger charge is 2.24. The van der Waals surface area contributed by atoms with E-state index >= 15 is 0 Å². The Morgan fingerprint density at radius 3 is 2.23 bits per heavy atom. The fraction of sp³-hybridized carbons (Fsp3) is 0.222. The third kappa shape index (κ3) is 3.11. The Kier molecular flexibility index (Phi) is 4.66. The van der Waals surface area contributed by atoms with Gasteiger partial charge in [0, 0.05) is 0 Å². The summed E-state index contributed by atoms with van der Waals surface area (Å²) in [5.74, 6) is 0.676. The zero-order valence-corrected chi connectivity index (χ0v) is 17.4. The number of allylic oxidation sites excluding steroid dienone is 1. The molecule has 3 aromatic rings. The van der Waals surface area contributed by atoms with Gasteiger partial charge < -0.3 is 10.1 Å². The van der Waals surface area contributed by atoms with Gasteiger partial charge in [-0.3, -0.25) is 4.79 Å². The maximum atomic E-state index is 11.9. The van der Waals surface area contributed by atoms with Crippen molar-refractivity contribution in [2.45, 2.75) is 33.1 Å². The molecule has 3 aromatic carbocycles. The van der Waals surface area contributed by atoms with Crippen LogP contribution in [0.5, 0.6) is 5.75 Å². The zero-order valence-electron chi connectivity index (χ0n) is 17.4. The molecule has 3 heteroatoms. The summed E-state index contributed by atoms with van der Waals surface area (Å²) in [6.07, 6.45) is 2.98. The Morgan fingerprint density at radius 1 is 0.967 bits per heavy atom. The molecular weight excluding hydrogens is 370 g/mol. The zero-order chi connectivity index (χ0) is 20.7. The Balaban J connectivity index is 1.80. The average molecular weight is 396 g/mol. The molecular formula is C27H25NO2. The van der Waals surface area contributed by atoms with Crippen LogP contribution in [0.25, 0.3) is 11.1 Å². The first-order chi connectivity index (χ1) is 14.7. The first kappa shape index (κ1) is 18.7. The van der Waals surface area contributed by atoms with Crippen LogP contribution in [0, 0.1) is 6.92 Å². The fourth-order valence-corrected chi connectivity index (χ4v) is 4.79. The highest BCUT2D eigenvalue weighted by Crippen LogP contribution is 2.42. The Bertz CT molecular complexity index is 1140. The van der Waals surface area contributed by atoms with Gasteiger partial charge in [-0.1, -0.05) is 55.5 Å². The molecule has 0 atom stereocenters. The van der Waals surface area contributed by atoms with E-state index in [-0.39, 0.29) is 12.5 Å². The molecule has 1 aliphatic carbocycles. The van der Waals surface area contributed by atoms with Gasteiger partial charge in [0.1, 0.15) is 5.75 Å². The van der Waals surface area contributed by atoms with Crippen LogP contribution < -0.4 is 10.1 Å². The predicted molar refractivity (Wildman–Crippen MR) is 122 cm³/mol. The molecule has 1 amide bonds. The number of carbonyl (C=O) groups is 1. The van der Waals surface area contributed by atoms with Crippen molar-refractivity contribution in [3.05, 3.63) is 94.0 Å². The van der Waals surface area contributed by atoms with Crippen LogP contribution in [-0.2, 0) is 17.6 Å². The standard InChI is InChI=1S/C27H25NO2/c1-3-21(20-14-17(2)27-24(15-20)28-25(29)16-30-27)26-22-10-6-4-8-18(22)12-13-19-9-5-7-11-23(19)26/h4-11,14-15H,3,12-13,16H2,1-2H3,(H,28,29). The van der Waals surface area contributed by atoms with E-state index in [4.69, 9.17) is 4.74 Å². The molecule has 5 rings (SSSR count). The summed E-state index contributed by atoms with van der Waals surface area (Å²) in [7, 11) is 0. The molecule has 0 saturated heterocycles. The normalized spacial score (nSPS) is 14.6. The van der Waals surface area contributed by atoms with Gasteiger partial charge >= 0.3 is 0 Å². The van der Waals surface area contributed by atoms with Gasteiger partial charge in [-0.25, -0.2) is 0 Å². The van der Waals surface area contributed by atoms with E-state index in [0.717, 1.165) is 41.8 Å². The van der Waals surface area contributed by atoms with Crippen molar-refractivity contribution in [1.29, 1.82) is 0 Å². The number of rotatable bonds is 2. The van der Waals surface area contributed by atoms with Crippen molar-refractivity contribution in [3.63, 3.8) is 0 Å². The fourth-order valence-electron chi connectivity index (χ4n) is 4.79. The van der Waals surface area contributed by atoms with E-state index in [9.17, 15) is 4.79 Å². The second kappa shape index (κ2) is 7.49. The van der Waals surface area contributed by atoms with Gasteiger partial charge in [0.25, 0.3) is 5.91 Å². The Hall–Kier alpha value is -3.33. The first-order valence-electron chi connectivity index (χ1n) is 10.6. The molecule has 1 heterocycles. The second-order valence-electron chi connectivity index (χ2n) is 8.03. The molecule has 1 aliphatic heterocycles. The van der Waals surface area contributed by atoms with E-state index in [1.165, 1.54) is 33.4 Å². The van der Waals surface area contributed by atoms with Gasteiger partial charge in [-0.2, -0.15) is 0 Å². The summed E-state index contributed by atoms with van der Waals surface area (Å²) in [5, 5.41) is 2.99. The first-order valence-corrected chi connectivity index (χ1v) is 10.6. The predicted octanol–water partition coefficient (Wildman–Crippen LogP) is 5.79. The summed E-state index contributed by atoms with van der Waals surface area (Å²) in [4.78, 5) is 11.9. The number of benzene rings is 3. The van der Waals surface area contributed by atoms with Crippen molar-refractivity contribution in [3.8, 4) is 5.75 Å². The minimum atomic E-state index is -0.102. The third-order valence-electron chi connectivity index (χ3n) is 6.14. The van der Waals surface area contributed by atoms with Gasteiger partial charge in [-0.05, 0) is 82.8 Å². The minimum absolute atomic E-state index is 0.0790. The largest absolute Gasteiger partial charge is 0.481 e. The Labute approximate surface area is 177 Å². The molecule has 0 spiro atoms. The number of hydrogen-bond acceptors (Lipinski definition) is 2. The van der Waals surface area contributed by atoms with Crippen LogP contribution in [0.3, 0.4) is 0 Å². The number of hydrogen-bond donors (Lipinski definition) is 1. The SMILES string of the molecule is CCC(=C1c2ccccc2CCc2ccccc21)c1cc(C)c2c(c1)NC(=O)CO2. The third-order valence-corrected chi connectivity index (χ3v) is 6.14. The maximum Gasteiger partial charge on any atom is 0.262 e. The molecule has 30 heavy (non-hydrogen) atoms. The van der Waals surface area contributed by atoms with Crippen molar-refractivity contribution in [2.24, 2.45) is 0 Å². The van der Waals surface area contributed by atoms with Crippen LogP contribution in [0.1, 0.15) is 46.7 Å². The van der Waals surface area contributed by atoms with Crippen molar-refractivity contribution >= 4 is 22.7 Å². The van der Waals surface area contributed by atoms with Gasteiger partial charge in [-0.15, -0.1) is 0 Å². The molecule has 0 fully saturated rings. The van der Waals surface area contributed by atoms with E-state index in [2.05, 4.69) is 72.9 Å². The Morgan fingerprint density at radius 2 is 1.60 bits per heavy atom. The molecule has 0 aromatic heterocycles. The van der Waals surface area contributed by atoms with Gasteiger partial charge in [0.2, 0.25) is 0 Å². The van der Waals surface area contributed by atoms with E-state index in [1.54, 1.807) is 0 Å². The lowest BCUT2D eigenvalue weighted by molar-refractivity contribution is -0.118. The van der Waals surface area contributed by atoms with E-state index in [0.29, 0.717) is 0 Å². The molecule has 0 unspecified atom stereocenters. The maximum absolute atomic E-state index is 11.9. The van der Waals surface area contributed by atoms with Crippen molar-refractivity contribution in [1.82, 2.24) is 0 Å². The number of amides is 1. The smallest absolute Gasteiger partial charge is 0.262 e.